The molecule has 22 heavy (non-hydrogen) atoms. The van der Waals surface area contributed by atoms with E-state index in [0.717, 1.165) is 19.0 Å². The molecule has 0 spiro atoms. The molecule has 0 radical (unpaired) electrons. The van der Waals surface area contributed by atoms with Crippen molar-refractivity contribution in [3.05, 3.63) is 42.2 Å². The number of carbonyl (C=O) groups is 1. The lowest BCUT2D eigenvalue weighted by Gasteiger charge is -2.20. The average molecular weight is 301 g/mol. The minimum Gasteiger partial charge on any atom is -0.451 e. The fraction of sp³-hybridized carbons (Fsp3) is 0.375. The summed E-state index contributed by atoms with van der Waals surface area (Å²) in [5.41, 5.74) is 0.514. The van der Waals surface area contributed by atoms with E-state index in [9.17, 15) is 9.18 Å². The van der Waals surface area contributed by atoms with Crippen LogP contribution in [0.2, 0.25) is 0 Å². The summed E-state index contributed by atoms with van der Waals surface area (Å²) in [5, 5.41) is 6.49. The first-order valence-corrected chi connectivity index (χ1v) is 7.47. The third-order valence-electron chi connectivity index (χ3n) is 4.44. The first-order chi connectivity index (χ1) is 10.7. The third-order valence-corrected chi connectivity index (χ3v) is 4.44. The van der Waals surface area contributed by atoms with E-state index in [1.807, 2.05) is 0 Å². The van der Waals surface area contributed by atoms with E-state index in [1.54, 1.807) is 12.1 Å². The van der Waals surface area contributed by atoms with Gasteiger partial charge in [-0.3, -0.25) is 9.78 Å². The molecule has 2 aromatic heterocycles. The molecule has 0 saturated carbocycles. The summed E-state index contributed by atoms with van der Waals surface area (Å²) in [7, 11) is 0. The number of halogens is 1. The van der Waals surface area contributed by atoms with Gasteiger partial charge < -0.3 is 15.1 Å². The number of nitrogens with one attached hydrogen (secondary N) is 2. The number of hydrogen-bond acceptors (Lipinski definition) is 4. The standard InChI is InChI=1S/C16H16FN3O2/c17-10-5-9(7-18-8-10)14-3-4-15(22-14)16(21)20-13-6-11-1-2-12(13)19-11/h3-5,7-8,11-13,19H,1-2,6H2,(H,20,21). The number of carbonyl (C=O) groups excluding carboxylic acids is 1. The van der Waals surface area contributed by atoms with Gasteiger partial charge in [-0.05, 0) is 37.5 Å². The summed E-state index contributed by atoms with van der Waals surface area (Å²) in [6, 6.07) is 5.65. The molecule has 3 atom stereocenters. The zero-order valence-electron chi connectivity index (χ0n) is 11.9. The first-order valence-electron chi connectivity index (χ1n) is 7.47. The van der Waals surface area contributed by atoms with Crippen LogP contribution in [0.4, 0.5) is 4.39 Å². The maximum atomic E-state index is 13.2. The first kappa shape index (κ1) is 13.5. The van der Waals surface area contributed by atoms with Crippen LogP contribution >= 0.6 is 0 Å². The van der Waals surface area contributed by atoms with Gasteiger partial charge in [-0.1, -0.05) is 0 Å². The Morgan fingerprint density at radius 3 is 3.00 bits per heavy atom. The van der Waals surface area contributed by atoms with Gasteiger partial charge >= 0.3 is 0 Å². The summed E-state index contributed by atoms with van der Waals surface area (Å²) >= 11 is 0. The van der Waals surface area contributed by atoms with Crippen molar-refractivity contribution in [1.82, 2.24) is 15.6 Å². The van der Waals surface area contributed by atoms with Gasteiger partial charge in [-0.15, -0.1) is 0 Å². The van der Waals surface area contributed by atoms with Crippen LogP contribution in [0.3, 0.4) is 0 Å². The second kappa shape index (κ2) is 5.21. The maximum absolute atomic E-state index is 13.2. The zero-order valence-corrected chi connectivity index (χ0v) is 11.9. The highest BCUT2D eigenvalue weighted by Gasteiger charge is 2.39. The lowest BCUT2D eigenvalue weighted by molar-refractivity contribution is 0.0903. The van der Waals surface area contributed by atoms with Gasteiger partial charge in [0.2, 0.25) is 0 Å². The Labute approximate surface area is 126 Å². The molecule has 2 fully saturated rings. The topological polar surface area (TPSA) is 67.2 Å². The number of nitrogens with zero attached hydrogens (tertiary/aromatic N) is 1. The molecule has 4 heterocycles. The van der Waals surface area contributed by atoms with E-state index in [1.165, 1.54) is 18.7 Å². The minimum absolute atomic E-state index is 0.163. The summed E-state index contributed by atoms with van der Waals surface area (Å²) < 4.78 is 18.7. The minimum atomic E-state index is -0.437. The number of fused-ring (bicyclic) bond motifs is 2. The molecule has 2 saturated heterocycles. The molecule has 5 nitrogen and oxygen atoms in total. The maximum Gasteiger partial charge on any atom is 0.287 e. The number of amides is 1. The van der Waals surface area contributed by atoms with Crippen molar-refractivity contribution < 1.29 is 13.6 Å². The fourth-order valence-corrected chi connectivity index (χ4v) is 3.38. The number of hydrogen-bond donors (Lipinski definition) is 2. The molecule has 2 aliphatic rings. The summed E-state index contributed by atoms with van der Waals surface area (Å²) in [5.74, 6) is 0.00757. The van der Waals surface area contributed by atoms with Gasteiger partial charge in [0.15, 0.2) is 5.76 Å². The normalized spacial score (nSPS) is 26.3. The third kappa shape index (κ3) is 2.39. The molecule has 2 bridgehead atoms. The molecule has 1 amide bonds. The van der Waals surface area contributed by atoms with Gasteiger partial charge in [0.25, 0.3) is 5.91 Å². The molecule has 2 N–H and O–H groups in total. The van der Waals surface area contributed by atoms with E-state index >= 15 is 0 Å². The Balaban J connectivity index is 1.48. The molecule has 0 aliphatic carbocycles. The monoisotopic (exact) mass is 301 g/mol. The second-order valence-electron chi connectivity index (χ2n) is 5.92. The predicted octanol–water partition coefficient (Wildman–Crippen LogP) is 2.10. The van der Waals surface area contributed by atoms with Crippen LogP contribution in [0.1, 0.15) is 29.8 Å². The Morgan fingerprint density at radius 1 is 1.36 bits per heavy atom. The van der Waals surface area contributed by atoms with Crippen molar-refractivity contribution in [3.8, 4) is 11.3 Å². The summed E-state index contributed by atoms with van der Waals surface area (Å²) in [6.07, 6.45) is 5.89. The van der Waals surface area contributed by atoms with Gasteiger partial charge in [0.1, 0.15) is 11.6 Å². The van der Waals surface area contributed by atoms with Gasteiger partial charge in [0, 0.05) is 29.9 Å². The molecular formula is C16H16FN3O2. The molecule has 3 unspecified atom stereocenters. The molecule has 4 rings (SSSR count). The van der Waals surface area contributed by atoms with Crippen LogP contribution in [0.5, 0.6) is 0 Å². The second-order valence-corrected chi connectivity index (χ2v) is 5.92. The van der Waals surface area contributed by atoms with Crippen LogP contribution in [-0.4, -0.2) is 29.0 Å². The summed E-state index contributed by atoms with van der Waals surface area (Å²) in [4.78, 5) is 16.0. The quantitative estimate of drug-likeness (QED) is 0.911. The number of aromatic nitrogens is 1. The van der Waals surface area contributed by atoms with Crippen molar-refractivity contribution in [2.24, 2.45) is 0 Å². The zero-order chi connectivity index (χ0) is 15.1. The number of furan rings is 1. The van der Waals surface area contributed by atoms with Crippen molar-refractivity contribution in [1.29, 1.82) is 0 Å². The van der Waals surface area contributed by atoms with Crippen LogP contribution in [-0.2, 0) is 0 Å². The highest BCUT2D eigenvalue weighted by Crippen LogP contribution is 2.29. The number of rotatable bonds is 3. The highest BCUT2D eigenvalue weighted by molar-refractivity contribution is 5.92. The van der Waals surface area contributed by atoms with Crippen molar-refractivity contribution in [3.63, 3.8) is 0 Å². The molecule has 114 valence electrons. The Kier molecular flexibility index (Phi) is 3.18. The van der Waals surface area contributed by atoms with E-state index in [-0.39, 0.29) is 17.7 Å². The molecule has 0 aromatic carbocycles. The van der Waals surface area contributed by atoms with Crippen molar-refractivity contribution in [2.75, 3.05) is 0 Å². The van der Waals surface area contributed by atoms with Crippen LogP contribution in [0, 0.1) is 5.82 Å². The molecule has 2 aliphatic heterocycles. The molecule has 2 aromatic rings. The SMILES string of the molecule is O=C(NC1CC2CCC1N2)c1ccc(-c2cncc(F)c2)o1. The van der Waals surface area contributed by atoms with Crippen molar-refractivity contribution in [2.45, 2.75) is 37.4 Å². The van der Waals surface area contributed by atoms with Gasteiger partial charge in [-0.25, -0.2) is 4.39 Å². The van der Waals surface area contributed by atoms with E-state index in [2.05, 4.69) is 15.6 Å². The Morgan fingerprint density at radius 2 is 2.27 bits per heavy atom. The largest absolute Gasteiger partial charge is 0.451 e. The Bertz CT molecular complexity index is 715. The van der Waals surface area contributed by atoms with Crippen LogP contribution in [0.25, 0.3) is 11.3 Å². The van der Waals surface area contributed by atoms with E-state index in [4.69, 9.17) is 4.42 Å². The lowest BCUT2D eigenvalue weighted by atomic mass is 9.95. The summed E-state index contributed by atoms with van der Waals surface area (Å²) in [6.45, 7) is 0. The number of pyridine rings is 1. The Hall–Kier alpha value is -2.21. The van der Waals surface area contributed by atoms with Crippen LogP contribution < -0.4 is 10.6 Å². The van der Waals surface area contributed by atoms with Gasteiger partial charge in [0.05, 0.1) is 6.20 Å². The molecular weight excluding hydrogens is 285 g/mol. The van der Waals surface area contributed by atoms with E-state index < -0.39 is 5.82 Å². The smallest absolute Gasteiger partial charge is 0.287 e. The van der Waals surface area contributed by atoms with Gasteiger partial charge in [-0.2, -0.15) is 0 Å². The predicted molar refractivity (Wildman–Crippen MR) is 77.7 cm³/mol. The highest BCUT2D eigenvalue weighted by atomic mass is 19.1. The lowest BCUT2D eigenvalue weighted by Crippen LogP contribution is -2.42. The van der Waals surface area contributed by atoms with E-state index in [0.29, 0.717) is 23.4 Å². The van der Waals surface area contributed by atoms with Crippen molar-refractivity contribution >= 4 is 5.91 Å². The van der Waals surface area contributed by atoms with Crippen LogP contribution in [0.15, 0.2) is 35.0 Å². The fourth-order valence-electron chi connectivity index (χ4n) is 3.38. The molecule has 6 heteroatoms. The average Bonchev–Trinajstić information content (AvgIpc) is 3.23.